The van der Waals surface area contributed by atoms with Gasteiger partial charge in [0.1, 0.15) is 5.60 Å². The fraction of sp³-hybridized carbons (Fsp3) is 0.909. The minimum Gasteiger partial charge on any atom is -0.460 e. The van der Waals surface area contributed by atoms with E-state index >= 15 is 0 Å². The van der Waals surface area contributed by atoms with Crippen LogP contribution in [0, 0.1) is 0 Å². The zero-order chi connectivity index (χ0) is 10.6. The lowest BCUT2D eigenvalue weighted by molar-refractivity contribution is -0.155. The molecule has 14 heavy (non-hydrogen) atoms. The summed E-state index contributed by atoms with van der Waals surface area (Å²) < 4.78 is 5.21. The van der Waals surface area contributed by atoms with Gasteiger partial charge in [0.2, 0.25) is 0 Å². The van der Waals surface area contributed by atoms with Gasteiger partial charge in [-0.2, -0.15) is 0 Å². The Morgan fingerprint density at radius 2 is 2.00 bits per heavy atom. The average molecular weight is 199 g/mol. The van der Waals surface area contributed by atoms with E-state index in [0.717, 1.165) is 13.0 Å². The Bertz CT molecular complexity index is 192. The van der Waals surface area contributed by atoms with Gasteiger partial charge in [-0.25, -0.2) is 0 Å². The molecule has 0 aromatic rings. The van der Waals surface area contributed by atoms with Gasteiger partial charge in [-0.3, -0.25) is 4.79 Å². The van der Waals surface area contributed by atoms with Crippen LogP contribution in [0.15, 0.2) is 0 Å². The molecule has 1 fully saturated rings. The summed E-state index contributed by atoms with van der Waals surface area (Å²) >= 11 is 0. The van der Waals surface area contributed by atoms with E-state index < -0.39 is 0 Å². The number of carbonyl (C=O) groups excluding carboxylic acids is 1. The van der Waals surface area contributed by atoms with Crippen molar-refractivity contribution >= 4 is 5.97 Å². The standard InChI is InChI=1S/C11H21NO2/c1-11(2,3)14-10(13)6-4-7-12-8-5-9-12/h4-9H2,1-3H3. The Labute approximate surface area is 86.4 Å². The van der Waals surface area contributed by atoms with E-state index in [-0.39, 0.29) is 11.6 Å². The van der Waals surface area contributed by atoms with Crippen molar-refractivity contribution in [1.82, 2.24) is 4.90 Å². The van der Waals surface area contributed by atoms with Gasteiger partial charge in [0.15, 0.2) is 0 Å². The van der Waals surface area contributed by atoms with Crippen LogP contribution >= 0.6 is 0 Å². The van der Waals surface area contributed by atoms with E-state index in [1.54, 1.807) is 0 Å². The number of likely N-dealkylation sites (tertiary alicyclic amines) is 1. The summed E-state index contributed by atoms with van der Waals surface area (Å²) in [6.07, 6.45) is 2.79. The average Bonchev–Trinajstić information content (AvgIpc) is 1.90. The minimum absolute atomic E-state index is 0.0713. The number of ether oxygens (including phenoxy) is 1. The molecule has 0 aromatic carbocycles. The lowest BCUT2D eigenvalue weighted by Crippen LogP contribution is -2.38. The maximum absolute atomic E-state index is 11.3. The van der Waals surface area contributed by atoms with Crippen LogP contribution in [0.2, 0.25) is 0 Å². The summed E-state index contributed by atoms with van der Waals surface area (Å²) in [4.78, 5) is 13.7. The number of carbonyl (C=O) groups is 1. The zero-order valence-corrected chi connectivity index (χ0v) is 9.51. The second-order valence-corrected chi connectivity index (χ2v) is 4.89. The summed E-state index contributed by atoms with van der Waals surface area (Å²) in [5.74, 6) is -0.0713. The molecule has 0 radical (unpaired) electrons. The van der Waals surface area contributed by atoms with E-state index in [1.807, 2.05) is 20.8 Å². The summed E-state index contributed by atoms with van der Waals surface area (Å²) in [5.41, 5.74) is -0.339. The van der Waals surface area contributed by atoms with Gasteiger partial charge < -0.3 is 9.64 Å². The van der Waals surface area contributed by atoms with Crippen molar-refractivity contribution in [1.29, 1.82) is 0 Å². The molecule has 0 saturated carbocycles. The summed E-state index contributed by atoms with van der Waals surface area (Å²) in [6.45, 7) is 9.16. The van der Waals surface area contributed by atoms with Crippen LogP contribution in [0.1, 0.15) is 40.0 Å². The van der Waals surface area contributed by atoms with Gasteiger partial charge >= 0.3 is 5.97 Å². The number of nitrogens with zero attached hydrogens (tertiary/aromatic N) is 1. The Morgan fingerprint density at radius 1 is 1.36 bits per heavy atom. The van der Waals surface area contributed by atoms with Gasteiger partial charge in [0.05, 0.1) is 0 Å². The van der Waals surface area contributed by atoms with E-state index in [4.69, 9.17) is 4.74 Å². The van der Waals surface area contributed by atoms with E-state index in [1.165, 1.54) is 19.5 Å². The Balaban J connectivity index is 2.02. The molecule has 0 atom stereocenters. The molecular weight excluding hydrogens is 178 g/mol. The number of esters is 1. The molecule has 0 aliphatic carbocycles. The lowest BCUT2D eigenvalue weighted by atomic mass is 10.2. The van der Waals surface area contributed by atoms with Crippen molar-refractivity contribution in [2.24, 2.45) is 0 Å². The normalized spacial score (nSPS) is 17.6. The summed E-state index contributed by atoms with van der Waals surface area (Å²) in [7, 11) is 0. The molecule has 0 unspecified atom stereocenters. The van der Waals surface area contributed by atoms with Crippen molar-refractivity contribution < 1.29 is 9.53 Å². The van der Waals surface area contributed by atoms with Gasteiger partial charge in [0, 0.05) is 6.42 Å². The van der Waals surface area contributed by atoms with Crippen LogP contribution in [0.3, 0.4) is 0 Å². The van der Waals surface area contributed by atoms with E-state index in [0.29, 0.717) is 6.42 Å². The first-order chi connectivity index (χ1) is 6.47. The first-order valence-electron chi connectivity index (χ1n) is 5.41. The number of rotatable bonds is 4. The molecule has 82 valence electrons. The number of hydrogen-bond donors (Lipinski definition) is 0. The number of hydrogen-bond acceptors (Lipinski definition) is 3. The molecule has 1 rings (SSSR count). The SMILES string of the molecule is CC(C)(C)OC(=O)CCCN1CCC1. The largest absolute Gasteiger partial charge is 0.460 e. The highest BCUT2D eigenvalue weighted by molar-refractivity contribution is 5.69. The molecule has 3 nitrogen and oxygen atoms in total. The monoisotopic (exact) mass is 199 g/mol. The first-order valence-corrected chi connectivity index (χ1v) is 5.41. The maximum atomic E-state index is 11.3. The molecule has 3 heteroatoms. The fourth-order valence-corrected chi connectivity index (χ4v) is 1.44. The van der Waals surface area contributed by atoms with Crippen LogP contribution in [-0.2, 0) is 9.53 Å². The Morgan fingerprint density at radius 3 is 2.43 bits per heavy atom. The van der Waals surface area contributed by atoms with E-state index in [2.05, 4.69) is 4.90 Å². The fourth-order valence-electron chi connectivity index (χ4n) is 1.44. The van der Waals surface area contributed by atoms with E-state index in [9.17, 15) is 4.79 Å². The van der Waals surface area contributed by atoms with Gasteiger partial charge in [-0.1, -0.05) is 0 Å². The van der Waals surface area contributed by atoms with Crippen molar-refractivity contribution in [3.8, 4) is 0 Å². The summed E-state index contributed by atoms with van der Waals surface area (Å²) in [6, 6.07) is 0. The second kappa shape index (κ2) is 4.78. The molecule has 0 aromatic heterocycles. The molecule has 1 aliphatic rings. The summed E-state index contributed by atoms with van der Waals surface area (Å²) in [5, 5.41) is 0. The maximum Gasteiger partial charge on any atom is 0.306 e. The van der Waals surface area contributed by atoms with Crippen LogP contribution in [0.5, 0.6) is 0 Å². The van der Waals surface area contributed by atoms with Crippen LogP contribution < -0.4 is 0 Å². The van der Waals surface area contributed by atoms with Crippen LogP contribution in [0.4, 0.5) is 0 Å². The van der Waals surface area contributed by atoms with Crippen molar-refractivity contribution in [2.75, 3.05) is 19.6 Å². The third-order valence-corrected chi connectivity index (χ3v) is 2.22. The van der Waals surface area contributed by atoms with Crippen LogP contribution in [-0.4, -0.2) is 36.1 Å². The first kappa shape index (κ1) is 11.5. The smallest absolute Gasteiger partial charge is 0.306 e. The lowest BCUT2D eigenvalue weighted by Gasteiger charge is -2.30. The molecule has 1 saturated heterocycles. The molecule has 0 N–H and O–H groups in total. The third kappa shape index (κ3) is 4.61. The minimum atomic E-state index is -0.339. The van der Waals surface area contributed by atoms with Crippen molar-refractivity contribution in [2.45, 2.75) is 45.6 Å². The van der Waals surface area contributed by atoms with Gasteiger partial charge in [-0.15, -0.1) is 0 Å². The Hall–Kier alpha value is -0.570. The molecule has 1 aliphatic heterocycles. The molecule has 0 spiro atoms. The third-order valence-electron chi connectivity index (χ3n) is 2.22. The predicted octanol–water partition coefficient (Wildman–Crippen LogP) is 1.81. The molecule has 0 amide bonds. The molecular formula is C11H21NO2. The topological polar surface area (TPSA) is 29.5 Å². The quantitative estimate of drug-likeness (QED) is 0.647. The molecule has 0 bridgehead atoms. The van der Waals surface area contributed by atoms with Gasteiger partial charge in [-0.05, 0) is 53.2 Å². The zero-order valence-electron chi connectivity index (χ0n) is 9.51. The predicted molar refractivity (Wildman–Crippen MR) is 56.1 cm³/mol. The van der Waals surface area contributed by atoms with Crippen molar-refractivity contribution in [3.05, 3.63) is 0 Å². The second-order valence-electron chi connectivity index (χ2n) is 4.89. The highest BCUT2D eigenvalue weighted by Crippen LogP contribution is 2.11. The highest BCUT2D eigenvalue weighted by atomic mass is 16.6. The van der Waals surface area contributed by atoms with Gasteiger partial charge in [0.25, 0.3) is 0 Å². The highest BCUT2D eigenvalue weighted by Gasteiger charge is 2.17. The molecule has 1 heterocycles. The van der Waals surface area contributed by atoms with Crippen molar-refractivity contribution in [3.63, 3.8) is 0 Å². The Kier molecular flexibility index (Phi) is 3.93. The van der Waals surface area contributed by atoms with Crippen LogP contribution in [0.25, 0.3) is 0 Å².